The van der Waals surface area contributed by atoms with Crippen molar-refractivity contribution in [3.8, 4) is 44.5 Å². The SMILES string of the molecule is C[Si](C)(C)c1cccc(N(c2ccccc2)c2ccc(-c3c4ccccc4c(-c4cc(-c5ccccc5)cc(-c5ccccc5)c4)c4ccccc34)cc2)n1. The van der Waals surface area contributed by atoms with E-state index in [1.807, 2.05) is 0 Å². The molecular formula is C52H42N2Si. The Balaban J connectivity index is 1.23. The second-order valence-electron chi connectivity index (χ2n) is 15.2. The molecule has 0 fully saturated rings. The van der Waals surface area contributed by atoms with Crippen molar-refractivity contribution in [3.63, 3.8) is 0 Å². The number of pyridine rings is 1. The van der Waals surface area contributed by atoms with Crippen LogP contribution in [0.4, 0.5) is 17.2 Å². The standard InChI is InChI=1S/C52H42N2Si/c1-55(2,3)50-29-17-28-49(53-50)54(43-22-11-6-12-23-43)44-32-30-39(31-33-44)51-45-24-13-15-26-47(45)52(48-27-16-14-25-46(48)51)42-35-40(37-18-7-4-8-19-37)34-41(36-42)38-20-9-5-10-21-38/h4-36H,1-3H3. The van der Waals surface area contributed by atoms with Gasteiger partial charge in [0.05, 0.1) is 0 Å². The van der Waals surface area contributed by atoms with Gasteiger partial charge in [0.15, 0.2) is 0 Å². The molecule has 0 spiro atoms. The number of rotatable bonds is 8. The Bertz CT molecular complexity index is 2660. The van der Waals surface area contributed by atoms with Crippen molar-refractivity contribution in [2.24, 2.45) is 0 Å². The molecule has 1 heterocycles. The highest BCUT2D eigenvalue weighted by molar-refractivity contribution is 6.88. The summed E-state index contributed by atoms with van der Waals surface area (Å²) < 4.78 is 0. The van der Waals surface area contributed by atoms with E-state index in [0.717, 1.165) is 17.2 Å². The summed E-state index contributed by atoms with van der Waals surface area (Å²) in [6.45, 7) is 7.05. The third-order valence-electron chi connectivity index (χ3n) is 10.5. The third kappa shape index (κ3) is 6.64. The molecule has 264 valence electrons. The summed E-state index contributed by atoms with van der Waals surface area (Å²) >= 11 is 0. The quantitative estimate of drug-likeness (QED) is 0.115. The molecule has 0 saturated carbocycles. The van der Waals surface area contributed by atoms with Crippen molar-refractivity contribution in [1.29, 1.82) is 0 Å². The summed E-state index contributed by atoms with van der Waals surface area (Å²) in [7, 11) is -1.63. The summed E-state index contributed by atoms with van der Waals surface area (Å²) in [6, 6.07) is 72.5. The van der Waals surface area contributed by atoms with Crippen LogP contribution in [0.25, 0.3) is 66.1 Å². The molecule has 0 amide bonds. The molecule has 0 aliphatic carbocycles. The molecule has 0 aliphatic heterocycles. The minimum absolute atomic E-state index is 0.937. The monoisotopic (exact) mass is 722 g/mol. The third-order valence-corrected chi connectivity index (χ3v) is 12.3. The van der Waals surface area contributed by atoms with Gasteiger partial charge in [-0.1, -0.05) is 165 Å². The molecule has 9 aromatic rings. The van der Waals surface area contributed by atoms with Crippen molar-refractivity contribution in [2.75, 3.05) is 4.90 Å². The highest BCUT2D eigenvalue weighted by atomic mass is 28.3. The van der Waals surface area contributed by atoms with Gasteiger partial charge in [-0.25, -0.2) is 4.98 Å². The highest BCUT2D eigenvalue weighted by Crippen LogP contribution is 2.46. The zero-order valence-corrected chi connectivity index (χ0v) is 32.4. The average molecular weight is 723 g/mol. The average Bonchev–Trinajstić information content (AvgIpc) is 3.24. The van der Waals surface area contributed by atoms with Gasteiger partial charge < -0.3 is 0 Å². The Hall–Kier alpha value is -6.55. The van der Waals surface area contributed by atoms with Crippen LogP contribution in [0.5, 0.6) is 0 Å². The molecule has 0 unspecified atom stereocenters. The maximum Gasteiger partial charge on any atom is 0.137 e. The zero-order chi connectivity index (χ0) is 37.4. The number of nitrogens with zero attached hydrogens (tertiary/aromatic N) is 2. The normalized spacial score (nSPS) is 11.5. The van der Waals surface area contributed by atoms with Gasteiger partial charge in [-0.2, -0.15) is 0 Å². The lowest BCUT2D eigenvalue weighted by atomic mass is 9.84. The number of hydrogen-bond acceptors (Lipinski definition) is 2. The van der Waals surface area contributed by atoms with Gasteiger partial charge >= 0.3 is 0 Å². The molecular weight excluding hydrogens is 681 g/mol. The van der Waals surface area contributed by atoms with Crippen molar-refractivity contribution in [2.45, 2.75) is 19.6 Å². The Morgan fingerprint density at radius 2 is 0.764 bits per heavy atom. The Morgan fingerprint density at radius 3 is 1.25 bits per heavy atom. The summed E-state index contributed by atoms with van der Waals surface area (Å²) in [4.78, 5) is 7.51. The molecule has 0 N–H and O–H groups in total. The second kappa shape index (κ2) is 14.4. The predicted molar refractivity (Wildman–Crippen MR) is 239 cm³/mol. The van der Waals surface area contributed by atoms with E-state index in [2.05, 4.69) is 225 Å². The molecule has 0 bridgehead atoms. The van der Waals surface area contributed by atoms with E-state index in [-0.39, 0.29) is 0 Å². The van der Waals surface area contributed by atoms with Crippen molar-refractivity contribution in [1.82, 2.24) is 4.98 Å². The molecule has 0 aliphatic rings. The van der Waals surface area contributed by atoms with E-state index in [1.165, 1.54) is 71.4 Å². The molecule has 0 atom stereocenters. The van der Waals surface area contributed by atoms with Crippen LogP contribution in [0.2, 0.25) is 19.6 Å². The number of anilines is 3. The van der Waals surface area contributed by atoms with Crippen LogP contribution in [0.15, 0.2) is 200 Å². The number of aromatic nitrogens is 1. The number of benzene rings is 8. The lowest BCUT2D eigenvalue weighted by Crippen LogP contribution is -2.40. The van der Waals surface area contributed by atoms with Crippen molar-refractivity contribution >= 4 is 52.1 Å². The fourth-order valence-corrected chi connectivity index (χ4v) is 8.90. The molecule has 8 aromatic carbocycles. The first-order chi connectivity index (χ1) is 26.9. The van der Waals surface area contributed by atoms with E-state index in [4.69, 9.17) is 4.98 Å². The summed E-state index contributed by atoms with van der Waals surface area (Å²) in [6.07, 6.45) is 0. The van der Waals surface area contributed by atoms with Crippen LogP contribution >= 0.6 is 0 Å². The second-order valence-corrected chi connectivity index (χ2v) is 20.2. The summed E-state index contributed by atoms with van der Waals surface area (Å²) in [5.41, 5.74) is 11.9. The Kier molecular flexibility index (Phi) is 8.93. The van der Waals surface area contributed by atoms with E-state index in [1.54, 1.807) is 0 Å². The largest absolute Gasteiger partial charge is 0.295 e. The molecule has 55 heavy (non-hydrogen) atoms. The predicted octanol–water partition coefficient (Wildman–Crippen LogP) is 14.1. The smallest absolute Gasteiger partial charge is 0.137 e. The van der Waals surface area contributed by atoms with Crippen LogP contribution in [-0.4, -0.2) is 13.1 Å². The van der Waals surface area contributed by atoms with Gasteiger partial charge in [-0.15, -0.1) is 0 Å². The van der Waals surface area contributed by atoms with Crippen LogP contribution in [0.3, 0.4) is 0 Å². The summed E-state index contributed by atoms with van der Waals surface area (Å²) in [5, 5.41) is 6.15. The number of hydrogen-bond donors (Lipinski definition) is 0. The van der Waals surface area contributed by atoms with Crippen LogP contribution < -0.4 is 10.2 Å². The van der Waals surface area contributed by atoms with E-state index in [9.17, 15) is 0 Å². The molecule has 0 radical (unpaired) electrons. The van der Waals surface area contributed by atoms with Gasteiger partial charge in [-0.3, -0.25) is 4.90 Å². The summed E-state index contributed by atoms with van der Waals surface area (Å²) in [5.74, 6) is 0.937. The lowest BCUT2D eigenvalue weighted by molar-refractivity contribution is 1.19. The van der Waals surface area contributed by atoms with Gasteiger partial charge in [0.1, 0.15) is 13.9 Å². The topological polar surface area (TPSA) is 16.1 Å². The van der Waals surface area contributed by atoms with Gasteiger partial charge in [0.2, 0.25) is 0 Å². The van der Waals surface area contributed by atoms with Gasteiger partial charge in [-0.05, 0) is 121 Å². The molecule has 9 rings (SSSR count). The first kappa shape index (κ1) is 34.2. The fourth-order valence-electron chi connectivity index (χ4n) is 7.85. The molecule has 1 aromatic heterocycles. The van der Waals surface area contributed by atoms with Crippen molar-refractivity contribution in [3.05, 3.63) is 200 Å². The number of fused-ring (bicyclic) bond motifs is 2. The minimum Gasteiger partial charge on any atom is -0.295 e. The van der Waals surface area contributed by atoms with Crippen molar-refractivity contribution < 1.29 is 0 Å². The lowest BCUT2D eigenvalue weighted by Gasteiger charge is -2.26. The highest BCUT2D eigenvalue weighted by Gasteiger charge is 2.22. The first-order valence-corrected chi connectivity index (χ1v) is 22.6. The van der Waals surface area contributed by atoms with E-state index < -0.39 is 8.07 Å². The maximum absolute atomic E-state index is 5.24. The number of para-hydroxylation sites is 1. The van der Waals surface area contributed by atoms with Crippen LogP contribution in [-0.2, 0) is 0 Å². The van der Waals surface area contributed by atoms with Gasteiger partial charge in [0, 0.05) is 16.7 Å². The van der Waals surface area contributed by atoms with Gasteiger partial charge in [0.25, 0.3) is 0 Å². The molecule has 2 nitrogen and oxygen atoms in total. The molecule has 0 saturated heterocycles. The minimum atomic E-state index is -1.63. The fraction of sp³-hybridized carbons (Fsp3) is 0.0577. The Morgan fingerprint density at radius 1 is 0.345 bits per heavy atom. The molecule has 3 heteroatoms. The zero-order valence-electron chi connectivity index (χ0n) is 31.4. The van der Waals surface area contributed by atoms with E-state index >= 15 is 0 Å². The van der Waals surface area contributed by atoms with E-state index in [0.29, 0.717) is 0 Å². The maximum atomic E-state index is 5.24. The first-order valence-electron chi connectivity index (χ1n) is 19.1. The van der Waals surface area contributed by atoms with Crippen LogP contribution in [0.1, 0.15) is 0 Å². The Labute approximate surface area is 325 Å². The van der Waals surface area contributed by atoms with Crippen LogP contribution in [0, 0.1) is 0 Å².